The molecule has 7 atom stereocenters. The molecule has 1 N–H and O–H groups in total. The maximum Gasteiger partial charge on any atom is 0.0607 e. The summed E-state index contributed by atoms with van der Waals surface area (Å²) in [7, 11) is 0. The molecule has 0 radical (unpaired) electrons. The van der Waals surface area contributed by atoms with Crippen LogP contribution >= 0.6 is 0 Å². The molecule has 148 valence electrons. The van der Waals surface area contributed by atoms with E-state index in [1.165, 1.54) is 50.5 Å². The van der Waals surface area contributed by atoms with E-state index in [4.69, 9.17) is 0 Å². The van der Waals surface area contributed by atoms with Crippen molar-refractivity contribution in [2.45, 2.75) is 65.2 Å². The van der Waals surface area contributed by atoms with Crippen molar-refractivity contribution in [3.63, 3.8) is 0 Å². The monoisotopic (exact) mass is 376 g/mol. The standard InChI is InChI=1S/C25H32N2O/c1-23-10-8-20-17(19(23)6-5-18(23)16-4-3-13-26-15-16)7-12-25-14-21(25)22(27-28)9-11-24(20,25)2/h3-5,13,15,17,19-21,28H,6-12,14H2,1-2H3/t17-,19-,20-,21?,23+,24+,25?/m0/s1. The first-order valence-electron chi connectivity index (χ1n) is 11.4. The molecular formula is C25H32N2O. The summed E-state index contributed by atoms with van der Waals surface area (Å²) in [6.07, 6.45) is 16.7. The highest BCUT2D eigenvalue weighted by atomic mass is 16.4. The molecule has 1 heterocycles. The second kappa shape index (κ2) is 5.49. The van der Waals surface area contributed by atoms with Gasteiger partial charge in [0.15, 0.2) is 0 Å². The fourth-order valence-electron chi connectivity index (χ4n) is 8.86. The van der Waals surface area contributed by atoms with E-state index < -0.39 is 0 Å². The highest BCUT2D eigenvalue weighted by Crippen LogP contribution is 2.79. The molecule has 1 spiro atoms. The number of pyridine rings is 1. The van der Waals surface area contributed by atoms with Gasteiger partial charge in [-0.2, -0.15) is 0 Å². The molecule has 5 aliphatic carbocycles. The lowest BCUT2D eigenvalue weighted by Crippen LogP contribution is -2.54. The summed E-state index contributed by atoms with van der Waals surface area (Å²) in [5.74, 6) is 3.08. The Balaban J connectivity index is 1.33. The summed E-state index contributed by atoms with van der Waals surface area (Å²) in [4.78, 5) is 4.40. The van der Waals surface area contributed by atoms with Gasteiger partial charge in [0.1, 0.15) is 0 Å². The van der Waals surface area contributed by atoms with Crippen LogP contribution in [0.1, 0.15) is 70.8 Å². The van der Waals surface area contributed by atoms with E-state index in [1.807, 2.05) is 6.20 Å². The second-order valence-corrected chi connectivity index (χ2v) is 10.9. The van der Waals surface area contributed by atoms with Crippen molar-refractivity contribution in [3.05, 3.63) is 36.2 Å². The second-order valence-electron chi connectivity index (χ2n) is 10.9. The van der Waals surface area contributed by atoms with Gasteiger partial charge in [-0.1, -0.05) is 31.1 Å². The van der Waals surface area contributed by atoms with Crippen LogP contribution in [-0.2, 0) is 0 Å². The van der Waals surface area contributed by atoms with Gasteiger partial charge >= 0.3 is 0 Å². The van der Waals surface area contributed by atoms with Gasteiger partial charge in [0.05, 0.1) is 5.71 Å². The molecule has 0 bridgehead atoms. The van der Waals surface area contributed by atoms with E-state index >= 15 is 0 Å². The highest BCUT2D eigenvalue weighted by Gasteiger charge is 2.73. The third kappa shape index (κ3) is 1.91. The number of oxime groups is 1. The molecular weight excluding hydrogens is 344 g/mol. The Morgan fingerprint density at radius 2 is 2.04 bits per heavy atom. The molecule has 1 aromatic heterocycles. The van der Waals surface area contributed by atoms with Crippen molar-refractivity contribution in [2.75, 3.05) is 0 Å². The Morgan fingerprint density at radius 3 is 2.82 bits per heavy atom. The van der Waals surface area contributed by atoms with Gasteiger partial charge in [-0.25, -0.2) is 0 Å². The van der Waals surface area contributed by atoms with E-state index in [0.29, 0.717) is 22.2 Å². The summed E-state index contributed by atoms with van der Waals surface area (Å²) in [6.45, 7) is 5.16. The molecule has 0 aromatic carbocycles. The summed E-state index contributed by atoms with van der Waals surface area (Å²) in [5, 5.41) is 13.2. The predicted octanol–water partition coefficient (Wildman–Crippen LogP) is 5.95. The van der Waals surface area contributed by atoms with Crippen molar-refractivity contribution >= 4 is 11.3 Å². The lowest BCUT2D eigenvalue weighted by Gasteiger charge is -2.61. The molecule has 0 saturated heterocycles. The first-order chi connectivity index (χ1) is 13.5. The van der Waals surface area contributed by atoms with Crippen molar-refractivity contribution in [1.82, 2.24) is 4.98 Å². The van der Waals surface area contributed by atoms with Crippen molar-refractivity contribution < 1.29 is 5.21 Å². The molecule has 1 aromatic rings. The molecule has 5 aliphatic rings. The minimum Gasteiger partial charge on any atom is -0.411 e. The Hall–Kier alpha value is -1.64. The quantitative estimate of drug-likeness (QED) is 0.486. The molecule has 0 aliphatic heterocycles. The number of fused-ring (bicyclic) bond motifs is 4. The van der Waals surface area contributed by atoms with Gasteiger partial charge in [-0.3, -0.25) is 4.98 Å². The summed E-state index contributed by atoms with van der Waals surface area (Å²) < 4.78 is 0. The smallest absolute Gasteiger partial charge is 0.0607 e. The summed E-state index contributed by atoms with van der Waals surface area (Å²) >= 11 is 0. The SMILES string of the molecule is C[C@]12CC[C@H]3[C@@H](CCC45CC4C(=NO)CC[C@]35C)[C@@H]1CC=C2c1cccnc1. The molecule has 3 nitrogen and oxygen atoms in total. The Morgan fingerprint density at radius 1 is 1.14 bits per heavy atom. The summed E-state index contributed by atoms with van der Waals surface area (Å²) in [6, 6.07) is 4.33. The minimum absolute atomic E-state index is 0.320. The Bertz CT molecular complexity index is 876. The van der Waals surface area contributed by atoms with Crippen molar-refractivity contribution in [1.29, 1.82) is 0 Å². The maximum absolute atomic E-state index is 9.46. The van der Waals surface area contributed by atoms with Gasteiger partial charge in [0, 0.05) is 18.3 Å². The van der Waals surface area contributed by atoms with E-state index in [1.54, 1.807) is 5.57 Å². The van der Waals surface area contributed by atoms with Crippen molar-refractivity contribution in [3.8, 4) is 0 Å². The topological polar surface area (TPSA) is 45.5 Å². The fourth-order valence-corrected chi connectivity index (χ4v) is 8.86. The molecule has 3 heteroatoms. The van der Waals surface area contributed by atoms with Crippen LogP contribution in [0.25, 0.3) is 5.57 Å². The Labute approximate surface area is 168 Å². The molecule has 4 saturated carbocycles. The molecule has 28 heavy (non-hydrogen) atoms. The van der Waals surface area contributed by atoms with Crippen LogP contribution in [-0.4, -0.2) is 15.9 Å². The third-order valence-electron chi connectivity index (χ3n) is 10.4. The molecule has 2 unspecified atom stereocenters. The van der Waals surface area contributed by atoms with Crippen LogP contribution in [0.5, 0.6) is 0 Å². The average Bonchev–Trinajstić information content (AvgIpc) is 3.35. The number of allylic oxidation sites excluding steroid dienone is 2. The van der Waals surface area contributed by atoms with Gasteiger partial charge in [-0.15, -0.1) is 0 Å². The predicted molar refractivity (Wildman–Crippen MR) is 111 cm³/mol. The number of hydrogen-bond donors (Lipinski definition) is 1. The summed E-state index contributed by atoms with van der Waals surface area (Å²) in [5.41, 5.74) is 5.25. The largest absolute Gasteiger partial charge is 0.411 e. The zero-order chi connectivity index (χ0) is 19.1. The van der Waals surface area contributed by atoms with Gasteiger partial charge in [0.25, 0.3) is 0 Å². The first kappa shape index (κ1) is 17.2. The van der Waals surface area contributed by atoms with E-state index in [9.17, 15) is 5.21 Å². The first-order valence-corrected chi connectivity index (χ1v) is 11.4. The van der Waals surface area contributed by atoms with Crippen LogP contribution in [0.4, 0.5) is 0 Å². The van der Waals surface area contributed by atoms with E-state index in [0.717, 1.165) is 29.9 Å². The Kier molecular flexibility index (Phi) is 3.38. The normalized spacial score (nSPS) is 50.2. The van der Waals surface area contributed by atoms with Crippen molar-refractivity contribution in [2.24, 2.45) is 45.1 Å². The number of aromatic nitrogens is 1. The zero-order valence-electron chi connectivity index (χ0n) is 17.2. The van der Waals surface area contributed by atoms with E-state index in [-0.39, 0.29) is 0 Å². The van der Waals surface area contributed by atoms with E-state index in [2.05, 4.69) is 48.4 Å². The van der Waals surface area contributed by atoms with Crippen LogP contribution in [0, 0.1) is 39.9 Å². The molecule has 0 amide bonds. The van der Waals surface area contributed by atoms with Gasteiger partial charge in [-0.05, 0) is 103 Å². The number of hydrogen-bond acceptors (Lipinski definition) is 3. The number of rotatable bonds is 1. The van der Waals surface area contributed by atoms with Gasteiger partial charge < -0.3 is 5.21 Å². The third-order valence-corrected chi connectivity index (χ3v) is 10.4. The molecule has 6 rings (SSSR count). The van der Waals surface area contributed by atoms with Crippen LogP contribution in [0.3, 0.4) is 0 Å². The fraction of sp³-hybridized carbons (Fsp3) is 0.680. The van der Waals surface area contributed by atoms with Crippen LogP contribution in [0.15, 0.2) is 35.8 Å². The molecule has 4 fully saturated rings. The minimum atomic E-state index is 0.320. The van der Waals surface area contributed by atoms with Gasteiger partial charge in [0.2, 0.25) is 0 Å². The van der Waals surface area contributed by atoms with Crippen LogP contribution < -0.4 is 0 Å². The average molecular weight is 377 g/mol. The maximum atomic E-state index is 9.46. The zero-order valence-corrected chi connectivity index (χ0v) is 17.2. The number of nitrogens with zero attached hydrogens (tertiary/aromatic N) is 2. The van der Waals surface area contributed by atoms with Crippen LogP contribution in [0.2, 0.25) is 0 Å². The lowest BCUT2D eigenvalue weighted by molar-refractivity contribution is -0.0987. The lowest BCUT2D eigenvalue weighted by atomic mass is 9.43. The highest BCUT2D eigenvalue weighted by molar-refractivity contribution is 5.91.